The van der Waals surface area contributed by atoms with Crippen LogP contribution in [0, 0.1) is 5.82 Å². The molecule has 21 heavy (non-hydrogen) atoms. The van der Waals surface area contributed by atoms with E-state index in [4.69, 9.17) is 10.5 Å². The van der Waals surface area contributed by atoms with Crippen molar-refractivity contribution in [3.05, 3.63) is 59.9 Å². The lowest BCUT2D eigenvalue weighted by Gasteiger charge is -2.05. The van der Waals surface area contributed by atoms with Crippen LogP contribution >= 0.6 is 0 Å². The Balaban J connectivity index is 2.07. The van der Waals surface area contributed by atoms with E-state index in [9.17, 15) is 9.18 Å². The molecule has 0 spiro atoms. The Kier molecular flexibility index (Phi) is 4.50. The number of nitrogens with zero attached hydrogens (tertiary/aromatic N) is 1. The Labute approximate surface area is 121 Å². The van der Waals surface area contributed by atoms with Gasteiger partial charge >= 0.3 is 0 Å². The first-order chi connectivity index (χ1) is 10.1. The van der Waals surface area contributed by atoms with Gasteiger partial charge in [0.2, 0.25) is 5.96 Å². The van der Waals surface area contributed by atoms with Gasteiger partial charge in [0.1, 0.15) is 11.6 Å². The second-order valence-corrected chi connectivity index (χ2v) is 4.16. The molecule has 5 nitrogen and oxygen atoms in total. The Bertz CT molecular complexity index is 669. The van der Waals surface area contributed by atoms with Crippen LogP contribution in [-0.2, 0) is 0 Å². The van der Waals surface area contributed by atoms with Crippen LogP contribution in [0.15, 0.2) is 53.5 Å². The molecule has 0 saturated carbocycles. The lowest BCUT2D eigenvalue weighted by molar-refractivity contribution is 0.0976. The molecule has 0 heterocycles. The van der Waals surface area contributed by atoms with Gasteiger partial charge in [0, 0.05) is 5.56 Å². The van der Waals surface area contributed by atoms with Gasteiger partial charge in [-0.1, -0.05) is 6.07 Å². The van der Waals surface area contributed by atoms with Crippen molar-refractivity contribution in [2.24, 2.45) is 10.7 Å². The summed E-state index contributed by atoms with van der Waals surface area (Å²) < 4.78 is 18.1. The van der Waals surface area contributed by atoms with E-state index in [1.165, 1.54) is 18.2 Å². The predicted molar refractivity (Wildman–Crippen MR) is 78.1 cm³/mol. The molecule has 0 aliphatic rings. The highest BCUT2D eigenvalue weighted by Crippen LogP contribution is 2.17. The molecule has 1 amide bonds. The van der Waals surface area contributed by atoms with Gasteiger partial charge in [0.05, 0.1) is 12.8 Å². The zero-order chi connectivity index (χ0) is 15.2. The maximum absolute atomic E-state index is 13.0. The van der Waals surface area contributed by atoms with E-state index in [2.05, 4.69) is 10.3 Å². The first kappa shape index (κ1) is 14.5. The second-order valence-electron chi connectivity index (χ2n) is 4.16. The van der Waals surface area contributed by atoms with E-state index in [0.717, 1.165) is 6.07 Å². The van der Waals surface area contributed by atoms with Gasteiger partial charge in [-0.2, -0.15) is 0 Å². The van der Waals surface area contributed by atoms with Crippen LogP contribution in [0.5, 0.6) is 5.75 Å². The summed E-state index contributed by atoms with van der Waals surface area (Å²) >= 11 is 0. The summed E-state index contributed by atoms with van der Waals surface area (Å²) in [5.74, 6) is -0.400. The fourth-order valence-electron chi connectivity index (χ4n) is 1.64. The van der Waals surface area contributed by atoms with Crippen molar-refractivity contribution in [3.63, 3.8) is 0 Å². The normalized spacial score (nSPS) is 11.0. The van der Waals surface area contributed by atoms with Gasteiger partial charge in [-0.3, -0.25) is 10.1 Å². The monoisotopic (exact) mass is 287 g/mol. The molecule has 2 aromatic carbocycles. The van der Waals surface area contributed by atoms with Gasteiger partial charge in [-0.15, -0.1) is 0 Å². The number of nitrogens with one attached hydrogen (secondary N) is 1. The summed E-state index contributed by atoms with van der Waals surface area (Å²) in [7, 11) is 1.56. The number of hydrogen-bond donors (Lipinski definition) is 2. The third kappa shape index (κ3) is 4.04. The van der Waals surface area contributed by atoms with Crippen molar-refractivity contribution < 1.29 is 13.9 Å². The van der Waals surface area contributed by atoms with E-state index in [1.54, 1.807) is 31.4 Å². The smallest absolute Gasteiger partial charge is 0.258 e. The maximum atomic E-state index is 13.0. The molecule has 0 atom stereocenters. The molecule has 3 N–H and O–H groups in total. The number of hydrogen-bond acceptors (Lipinski definition) is 3. The number of methoxy groups -OCH3 is 1. The Morgan fingerprint density at radius 2 is 1.95 bits per heavy atom. The molecule has 0 aliphatic heterocycles. The highest BCUT2D eigenvalue weighted by molar-refractivity contribution is 6.05. The van der Waals surface area contributed by atoms with Crippen molar-refractivity contribution in [2.75, 3.05) is 7.11 Å². The van der Waals surface area contributed by atoms with Crippen LogP contribution in [0.1, 0.15) is 10.4 Å². The second kappa shape index (κ2) is 6.51. The lowest BCUT2D eigenvalue weighted by Crippen LogP contribution is -2.36. The average molecular weight is 287 g/mol. The van der Waals surface area contributed by atoms with Crippen molar-refractivity contribution in [1.29, 1.82) is 0 Å². The maximum Gasteiger partial charge on any atom is 0.258 e. The average Bonchev–Trinajstić information content (AvgIpc) is 2.48. The van der Waals surface area contributed by atoms with E-state index in [1.807, 2.05) is 0 Å². The molecule has 0 aliphatic carbocycles. The lowest BCUT2D eigenvalue weighted by atomic mass is 10.2. The molecule has 0 saturated heterocycles. The van der Waals surface area contributed by atoms with Crippen LogP contribution in [0.3, 0.4) is 0 Å². The predicted octanol–water partition coefficient (Wildman–Crippen LogP) is 2.21. The minimum absolute atomic E-state index is 0.0746. The van der Waals surface area contributed by atoms with E-state index < -0.39 is 11.7 Å². The third-order valence-electron chi connectivity index (χ3n) is 2.65. The summed E-state index contributed by atoms with van der Waals surface area (Å²) in [5.41, 5.74) is 6.38. The van der Waals surface area contributed by atoms with Crippen LogP contribution in [0.4, 0.5) is 10.1 Å². The molecular weight excluding hydrogens is 273 g/mol. The minimum atomic E-state index is -0.524. The molecule has 0 fully saturated rings. The summed E-state index contributed by atoms with van der Waals surface area (Å²) in [6.07, 6.45) is 0. The molecule has 6 heteroatoms. The van der Waals surface area contributed by atoms with Gasteiger partial charge in [-0.05, 0) is 42.5 Å². The highest BCUT2D eigenvalue weighted by atomic mass is 19.1. The minimum Gasteiger partial charge on any atom is -0.497 e. The van der Waals surface area contributed by atoms with Crippen molar-refractivity contribution in [3.8, 4) is 5.75 Å². The number of rotatable bonds is 3. The Morgan fingerprint density at radius 1 is 1.24 bits per heavy atom. The zero-order valence-electron chi connectivity index (χ0n) is 11.3. The van der Waals surface area contributed by atoms with E-state index in [0.29, 0.717) is 11.4 Å². The van der Waals surface area contributed by atoms with E-state index in [-0.39, 0.29) is 11.5 Å². The first-order valence-corrected chi connectivity index (χ1v) is 6.13. The quantitative estimate of drug-likeness (QED) is 0.671. The van der Waals surface area contributed by atoms with Crippen molar-refractivity contribution in [1.82, 2.24) is 5.32 Å². The van der Waals surface area contributed by atoms with Crippen LogP contribution in [0.2, 0.25) is 0 Å². The number of nitrogens with two attached hydrogens (primary N) is 1. The van der Waals surface area contributed by atoms with Gasteiger partial charge in [0.25, 0.3) is 5.91 Å². The summed E-state index contributed by atoms with van der Waals surface area (Å²) in [5, 5.41) is 2.39. The number of amides is 1. The van der Waals surface area contributed by atoms with E-state index >= 15 is 0 Å². The van der Waals surface area contributed by atoms with Crippen LogP contribution in [0.25, 0.3) is 0 Å². The number of carbonyl (C=O) groups is 1. The molecular formula is C15H14FN3O2. The Morgan fingerprint density at radius 3 is 2.57 bits per heavy atom. The summed E-state index contributed by atoms with van der Waals surface area (Å²) in [6.45, 7) is 0. The number of benzene rings is 2. The molecule has 0 bridgehead atoms. The van der Waals surface area contributed by atoms with Crippen molar-refractivity contribution in [2.45, 2.75) is 0 Å². The summed E-state index contributed by atoms with van der Waals surface area (Å²) in [6, 6.07) is 12.1. The third-order valence-corrected chi connectivity index (χ3v) is 2.65. The highest BCUT2D eigenvalue weighted by Gasteiger charge is 2.07. The topological polar surface area (TPSA) is 76.7 Å². The largest absolute Gasteiger partial charge is 0.497 e. The SMILES string of the molecule is COc1ccc(N=C(N)NC(=O)c2cccc(F)c2)cc1. The van der Waals surface area contributed by atoms with Gasteiger partial charge < -0.3 is 10.5 Å². The molecule has 0 aromatic heterocycles. The summed E-state index contributed by atoms with van der Waals surface area (Å²) in [4.78, 5) is 15.9. The van der Waals surface area contributed by atoms with Crippen LogP contribution < -0.4 is 15.8 Å². The first-order valence-electron chi connectivity index (χ1n) is 6.13. The number of ether oxygens (including phenoxy) is 1. The molecule has 2 rings (SSSR count). The zero-order valence-corrected chi connectivity index (χ0v) is 11.3. The van der Waals surface area contributed by atoms with Crippen molar-refractivity contribution >= 4 is 17.6 Å². The number of guanidine groups is 1. The van der Waals surface area contributed by atoms with Gasteiger partial charge in [0.15, 0.2) is 0 Å². The van der Waals surface area contributed by atoms with Crippen LogP contribution in [-0.4, -0.2) is 19.0 Å². The molecule has 108 valence electrons. The number of carbonyl (C=O) groups excluding carboxylic acids is 1. The number of aliphatic imine (C=N–C) groups is 1. The van der Waals surface area contributed by atoms with Gasteiger partial charge in [-0.25, -0.2) is 9.38 Å². The molecule has 2 aromatic rings. The fourth-order valence-corrected chi connectivity index (χ4v) is 1.64. The standard InChI is InChI=1S/C15H14FN3O2/c1-21-13-7-5-12(6-8-13)18-15(17)19-14(20)10-3-2-4-11(16)9-10/h2-9H,1H3,(H3,17,18,19,20). The molecule has 0 radical (unpaired) electrons. The molecule has 0 unspecified atom stereocenters. The Hall–Kier alpha value is -2.89. The fraction of sp³-hybridized carbons (Fsp3) is 0.0667. The number of halogens is 1.